The molecule has 0 aliphatic rings. The lowest BCUT2D eigenvalue weighted by Gasteiger charge is -2.23. The molecule has 0 spiro atoms. The molecule has 0 saturated carbocycles. The first-order valence-corrected chi connectivity index (χ1v) is 12.3. The molecule has 2 amide bonds. The smallest absolute Gasteiger partial charge is 0.305 e. The van der Waals surface area contributed by atoms with Gasteiger partial charge in [-0.1, -0.05) is 58.0 Å². The summed E-state index contributed by atoms with van der Waals surface area (Å²) in [5.41, 5.74) is 1.49. The van der Waals surface area contributed by atoms with Gasteiger partial charge in [-0.25, -0.2) is 0 Å². The van der Waals surface area contributed by atoms with Crippen molar-refractivity contribution >= 4 is 17.8 Å². The number of rotatable bonds is 13. The predicted molar refractivity (Wildman–Crippen MR) is 140 cm³/mol. The van der Waals surface area contributed by atoms with Gasteiger partial charge in [-0.05, 0) is 36.1 Å². The number of para-hydroxylation sites is 1. The minimum Gasteiger partial charge on any atom is -0.497 e. The Morgan fingerprint density at radius 2 is 1.56 bits per heavy atom. The molecular weight excluding hydrogens is 460 g/mol. The van der Waals surface area contributed by atoms with Gasteiger partial charge < -0.3 is 25.2 Å². The van der Waals surface area contributed by atoms with Crippen LogP contribution >= 0.6 is 0 Å². The number of methoxy groups -OCH3 is 2. The van der Waals surface area contributed by atoms with Crippen LogP contribution in [0.3, 0.4) is 0 Å². The van der Waals surface area contributed by atoms with E-state index in [4.69, 9.17) is 9.47 Å². The molecule has 198 valence electrons. The highest BCUT2D eigenvalue weighted by molar-refractivity contribution is 5.86. The number of carboxylic acids is 1. The van der Waals surface area contributed by atoms with Gasteiger partial charge in [0.15, 0.2) is 0 Å². The molecule has 0 radical (unpaired) electrons. The van der Waals surface area contributed by atoms with E-state index in [1.54, 1.807) is 38.5 Å². The Balaban J connectivity index is 0.00000316. The van der Waals surface area contributed by atoms with Gasteiger partial charge in [0.05, 0.1) is 26.7 Å². The van der Waals surface area contributed by atoms with Crippen molar-refractivity contribution in [1.29, 1.82) is 0 Å². The van der Waals surface area contributed by atoms with Crippen LogP contribution in [0.5, 0.6) is 11.5 Å². The van der Waals surface area contributed by atoms with E-state index < -0.39 is 17.9 Å². The van der Waals surface area contributed by atoms with Crippen LogP contribution in [0.15, 0.2) is 48.5 Å². The predicted octanol–water partition coefficient (Wildman–Crippen LogP) is 4.73. The molecule has 8 nitrogen and oxygen atoms in total. The van der Waals surface area contributed by atoms with E-state index in [1.165, 1.54) is 0 Å². The first-order chi connectivity index (χ1) is 17.2. The average molecular weight is 501 g/mol. The van der Waals surface area contributed by atoms with Crippen molar-refractivity contribution in [2.45, 2.75) is 59.5 Å². The summed E-state index contributed by atoms with van der Waals surface area (Å²) >= 11 is 0. The standard InChI is InChI=1S/C26H34N2O6.C2H6/c1-17(2)13-20(14-24(29)27-16-19-7-5-6-8-23(19)34-4)26(32)28-22(15-25(30)31)18-9-11-21(33-3)12-10-18;1-2/h5-12,17,20,22H,13-16H2,1-4H3,(H,27,29)(H,28,32)(H,30,31);1-2H3/t20?,22-;/m0./s1. The Morgan fingerprint density at radius 3 is 2.11 bits per heavy atom. The highest BCUT2D eigenvalue weighted by Gasteiger charge is 2.27. The highest BCUT2D eigenvalue weighted by atomic mass is 16.5. The molecule has 36 heavy (non-hydrogen) atoms. The lowest BCUT2D eigenvalue weighted by Crippen LogP contribution is -2.38. The Bertz CT molecular complexity index is 959. The molecule has 0 fully saturated rings. The van der Waals surface area contributed by atoms with Crippen molar-refractivity contribution in [3.05, 3.63) is 59.7 Å². The molecule has 3 N–H and O–H groups in total. The molecule has 0 saturated heterocycles. The fourth-order valence-corrected chi connectivity index (χ4v) is 3.74. The molecule has 2 atom stereocenters. The van der Waals surface area contributed by atoms with E-state index >= 15 is 0 Å². The zero-order valence-corrected chi connectivity index (χ0v) is 22.2. The molecule has 2 aromatic rings. The third-order valence-corrected chi connectivity index (χ3v) is 5.44. The fourth-order valence-electron chi connectivity index (χ4n) is 3.74. The summed E-state index contributed by atoms with van der Waals surface area (Å²) in [6.07, 6.45) is 0.227. The van der Waals surface area contributed by atoms with Gasteiger partial charge in [0.2, 0.25) is 11.8 Å². The van der Waals surface area contributed by atoms with E-state index in [0.717, 1.165) is 5.56 Å². The van der Waals surface area contributed by atoms with Crippen LogP contribution in [0.4, 0.5) is 0 Å². The minimum absolute atomic E-state index is 0.00155. The Hall–Kier alpha value is -3.55. The van der Waals surface area contributed by atoms with Crippen molar-refractivity contribution in [2.75, 3.05) is 14.2 Å². The molecule has 0 aromatic heterocycles. The van der Waals surface area contributed by atoms with Crippen molar-refractivity contribution in [1.82, 2.24) is 10.6 Å². The lowest BCUT2D eigenvalue weighted by atomic mass is 9.92. The van der Waals surface area contributed by atoms with Crippen molar-refractivity contribution in [2.24, 2.45) is 11.8 Å². The molecule has 1 unspecified atom stereocenters. The van der Waals surface area contributed by atoms with Crippen LogP contribution in [0.1, 0.15) is 64.1 Å². The Labute approximate surface area is 214 Å². The monoisotopic (exact) mass is 500 g/mol. The summed E-state index contributed by atoms with van der Waals surface area (Å²) in [7, 11) is 3.11. The van der Waals surface area contributed by atoms with Crippen LogP contribution in [-0.2, 0) is 20.9 Å². The zero-order valence-electron chi connectivity index (χ0n) is 22.2. The number of hydrogen-bond acceptors (Lipinski definition) is 5. The summed E-state index contributed by atoms with van der Waals surface area (Å²) in [4.78, 5) is 37.3. The van der Waals surface area contributed by atoms with Crippen molar-refractivity contribution < 1.29 is 29.0 Å². The lowest BCUT2D eigenvalue weighted by molar-refractivity contribution is -0.138. The van der Waals surface area contributed by atoms with Crippen molar-refractivity contribution in [3.8, 4) is 11.5 Å². The van der Waals surface area contributed by atoms with Gasteiger partial charge >= 0.3 is 5.97 Å². The van der Waals surface area contributed by atoms with Gasteiger partial charge in [-0.15, -0.1) is 0 Å². The maximum atomic E-state index is 13.1. The second kappa shape index (κ2) is 16.2. The summed E-state index contributed by atoms with van der Waals surface area (Å²) in [5, 5.41) is 15.1. The van der Waals surface area contributed by atoms with Crippen LogP contribution in [0, 0.1) is 11.8 Å². The Morgan fingerprint density at radius 1 is 0.917 bits per heavy atom. The van der Waals surface area contributed by atoms with Crippen molar-refractivity contribution in [3.63, 3.8) is 0 Å². The highest BCUT2D eigenvalue weighted by Crippen LogP contribution is 2.23. The largest absolute Gasteiger partial charge is 0.497 e. The number of ether oxygens (including phenoxy) is 2. The van der Waals surface area contributed by atoms with E-state index in [-0.39, 0.29) is 37.1 Å². The zero-order chi connectivity index (χ0) is 27.1. The number of aliphatic carboxylic acids is 1. The van der Waals surface area contributed by atoms with Crippen LogP contribution in [0.25, 0.3) is 0 Å². The van der Waals surface area contributed by atoms with Crippen LogP contribution < -0.4 is 20.1 Å². The van der Waals surface area contributed by atoms with E-state index in [0.29, 0.717) is 23.5 Å². The molecule has 0 bridgehead atoms. The number of carbonyl (C=O) groups is 3. The van der Waals surface area contributed by atoms with Gasteiger partial charge in [0.1, 0.15) is 11.5 Å². The first-order valence-electron chi connectivity index (χ1n) is 12.3. The average Bonchev–Trinajstić information content (AvgIpc) is 2.87. The van der Waals surface area contributed by atoms with E-state index in [1.807, 2.05) is 52.0 Å². The minimum atomic E-state index is -1.03. The third-order valence-electron chi connectivity index (χ3n) is 5.44. The molecule has 0 aliphatic carbocycles. The molecule has 0 aliphatic heterocycles. The van der Waals surface area contributed by atoms with Gasteiger partial charge in [-0.2, -0.15) is 0 Å². The van der Waals surface area contributed by atoms with E-state index in [9.17, 15) is 19.5 Å². The summed E-state index contributed by atoms with van der Waals surface area (Å²) in [5.74, 6) is -0.738. The van der Waals surface area contributed by atoms with Gasteiger partial charge in [-0.3, -0.25) is 14.4 Å². The third kappa shape index (κ3) is 10.4. The SMILES string of the molecule is CC.COc1ccc([C@H](CC(=O)O)NC(=O)C(CC(=O)NCc2ccccc2OC)CC(C)C)cc1. The van der Waals surface area contributed by atoms with Crippen LogP contribution in [-0.4, -0.2) is 37.1 Å². The fraction of sp³-hybridized carbons (Fsp3) is 0.464. The second-order valence-corrected chi connectivity index (χ2v) is 8.55. The number of nitrogens with one attached hydrogen (secondary N) is 2. The maximum absolute atomic E-state index is 13.1. The number of amides is 2. The molecule has 8 heteroatoms. The van der Waals surface area contributed by atoms with Crippen LogP contribution in [0.2, 0.25) is 0 Å². The normalized spacial score (nSPS) is 12.0. The molecule has 0 heterocycles. The molecular formula is C28H40N2O6. The summed E-state index contributed by atoms with van der Waals surface area (Å²) < 4.78 is 10.5. The second-order valence-electron chi connectivity index (χ2n) is 8.55. The van der Waals surface area contributed by atoms with Gasteiger partial charge in [0.25, 0.3) is 0 Å². The quantitative estimate of drug-likeness (QED) is 0.366. The number of benzene rings is 2. The topological polar surface area (TPSA) is 114 Å². The number of hydrogen-bond donors (Lipinski definition) is 3. The summed E-state index contributed by atoms with van der Waals surface area (Å²) in [6, 6.07) is 13.6. The van der Waals surface area contributed by atoms with Gasteiger partial charge in [0, 0.05) is 24.4 Å². The first kappa shape index (κ1) is 30.5. The number of carbonyl (C=O) groups excluding carboxylic acids is 2. The maximum Gasteiger partial charge on any atom is 0.305 e. The molecule has 2 rings (SSSR count). The summed E-state index contributed by atoms with van der Waals surface area (Å²) in [6.45, 7) is 8.24. The van der Waals surface area contributed by atoms with E-state index in [2.05, 4.69) is 10.6 Å². The molecule has 2 aromatic carbocycles. The number of carboxylic acid groups (broad SMARTS) is 1. The Kier molecular flexibility index (Phi) is 13.7.